The number of aromatic nitrogens is 4. The second-order valence-corrected chi connectivity index (χ2v) is 4.88. The van der Waals surface area contributed by atoms with E-state index in [4.69, 9.17) is 0 Å². The number of amides is 1. The fraction of sp³-hybridized carbons (Fsp3) is 0.200. The number of pyridine rings is 1. The maximum Gasteiger partial charge on any atom is 0.257 e. The minimum atomic E-state index is -0.181. The number of hydrogen-bond donors (Lipinski definition) is 1. The van der Waals surface area contributed by atoms with Crippen molar-refractivity contribution in [3.05, 3.63) is 59.3 Å². The van der Waals surface area contributed by atoms with E-state index in [1.165, 1.54) is 6.20 Å². The van der Waals surface area contributed by atoms with Crippen LogP contribution < -0.4 is 5.32 Å². The number of carbonyl (C=O) groups is 1. The Bertz CT molecular complexity index is 809. The molecular weight excluding hydrogens is 266 g/mol. The first kappa shape index (κ1) is 13.2. The minimum absolute atomic E-state index is 0.181. The van der Waals surface area contributed by atoms with Crippen molar-refractivity contribution in [3.8, 4) is 0 Å². The summed E-state index contributed by atoms with van der Waals surface area (Å²) >= 11 is 0. The molecule has 0 saturated carbocycles. The van der Waals surface area contributed by atoms with Crippen LogP contribution in [0.5, 0.6) is 0 Å². The van der Waals surface area contributed by atoms with E-state index in [9.17, 15) is 4.79 Å². The van der Waals surface area contributed by atoms with Crippen LogP contribution >= 0.6 is 0 Å². The first-order valence-electron chi connectivity index (χ1n) is 6.64. The van der Waals surface area contributed by atoms with Gasteiger partial charge in [0.1, 0.15) is 5.56 Å². The molecule has 6 heteroatoms. The van der Waals surface area contributed by atoms with Crippen molar-refractivity contribution in [2.75, 3.05) is 0 Å². The second-order valence-electron chi connectivity index (χ2n) is 4.88. The summed E-state index contributed by atoms with van der Waals surface area (Å²) in [6, 6.07) is 3.75. The summed E-state index contributed by atoms with van der Waals surface area (Å²) in [5, 5.41) is 7.03. The van der Waals surface area contributed by atoms with Gasteiger partial charge in [0, 0.05) is 30.8 Å². The summed E-state index contributed by atoms with van der Waals surface area (Å²) in [5.74, 6) is -0.181. The first-order chi connectivity index (χ1) is 10.1. The van der Waals surface area contributed by atoms with Crippen LogP contribution in [0.1, 0.15) is 27.2 Å². The summed E-state index contributed by atoms with van der Waals surface area (Å²) in [7, 11) is 0. The molecular formula is C15H15N5O. The third-order valence-corrected chi connectivity index (χ3v) is 3.33. The highest BCUT2D eigenvalue weighted by Crippen LogP contribution is 2.10. The van der Waals surface area contributed by atoms with Crippen LogP contribution in [0, 0.1) is 13.8 Å². The molecule has 1 amide bonds. The van der Waals surface area contributed by atoms with Crippen molar-refractivity contribution in [2.24, 2.45) is 0 Å². The molecule has 3 aromatic heterocycles. The molecule has 0 bridgehead atoms. The normalized spacial score (nSPS) is 10.8. The van der Waals surface area contributed by atoms with Crippen molar-refractivity contribution in [1.82, 2.24) is 24.9 Å². The van der Waals surface area contributed by atoms with Crippen LogP contribution in [0.2, 0.25) is 0 Å². The van der Waals surface area contributed by atoms with Crippen LogP contribution in [0.25, 0.3) is 5.65 Å². The summed E-state index contributed by atoms with van der Waals surface area (Å²) in [6.07, 6.45) is 6.83. The fourth-order valence-electron chi connectivity index (χ4n) is 2.09. The van der Waals surface area contributed by atoms with Gasteiger partial charge < -0.3 is 5.32 Å². The molecule has 3 aromatic rings. The Hall–Kier alpha value is -2.76. The molecule has 0 unspecified atom stereocenters. The van der Waals surface area contributed by atoms with Gasteiger partial charge in [-0.1, -0.05) is 0 Å². The summed E-state index contributed by atoms with van der Waals surface area (Å²) in [6.45, 7) is 4.31. The average Bonchev–Trinajstić information content (AvgIpc) is 2.89. The van der Waals surface area contributed by atoms with E-state index in [1.54, 1.807) is 23.1 Å². The molecule has 0 fully saturated rings. The van der Waals surface area contributed by atoms with Gasteiger partial charge in [0.25, 0.3) is 5.91 Å². The Labute approximate surface area is 121 Å². The molecule has 0 saturated heterocycles. The van der Waals surface area contributed by atoms with Crippen molar-refractivity contribution < 1.29 is 4.79 Å². The Morgan fingerprint density at radius 2 is 2.14 bits per heavy atom. The zero-order valence-electron chi connectivity index (χ0n) is 11.9. The monoisotopic (exact) mass is 281 g/mol. The quantitative estimate of drug-likeness (QED) is 0.792. The maximum absolute atomic E-state index is 12.3. The van der Waals surface area contributed by atoms with Crippen molar-refractivity contribution in [1.29, 1.82) is 0 Å². The summed E-state index contributed by atoms with van der Waals surface area (Å²) < 4.78 is 1.60. The minimum Gasteiger partial charge on any atom is -0.348 e. The molecule has 0 radical (unpaired) electrons. The molecule has 0 spiro atoms. The van der Waals surface area contributed by atoms with E-state index in [0.717, 1.165) is 16.8 Å². The van der Waals surface area contributed by atoms with Gasteiger partial charge in [-0.15, -0.1) is 0 Å². The number of rotatable bonds is 3. The Balaban J connectivity index is 1.81. The third kappa shape index (κ3) is 2.60. The lowest BCUT2D eigenvalue weighted by Crippen LogP contribution is -2.23. The van der Waals surface area contributed by atoms with Gasteiger partial charge in [0.15, 0.2) is 5.65 Å². The van der Waals surface area contributed by atoms with Crippen molar-refractivity contribution in [3.63, 3.8) is 0 Å². The molecule has 0 aliphatic heterocycles. The zero-order valence-corrected chi connectivity index (χ0v) is 11.9. The van der Waals surface area contributed by atoms with E-state index in [1.807, 2.05) is 26.0 Å². The van der Waals surface area contributed by atoms with Gasteiger partial charge in [-0.25, -0.2) is 9.50 Å². The Morgan fingerprint density at radius 3 is 2.95 bits per heavy atom. The van der Waals surface area contributed by atoms with Gasteiger partial charge >= 0.3 is 0 Å². The topological polar surface area (TPSA) is 72.2 Å². The largest absolute Gasteiger partial charge is 0.348 e. The summed E-state index contributed by atoms with van der Waals surface area (Å²) in [4.78, 5) is 20.7. The lowest BCUT2D eigenvalue weighted by Gasteiger charge is -2.06. The highest BCUT2D eigenvalue weighted by Gasteiger charge is 2.14. The average molecular weight is 281 g/mol. The predicted octanol–water partition coefficient (Wildman–Crippen LogP) is 1.67. The molecule has 6 nitrogen and oxygen atoms in total. The molecule has 0 aliphatic carbocycles. The van der Waals surface area contributed by atoms with E-state index >= 15 is 0 Å². The number of nitrogens with one attached hydrogen (secondary N) is 1. The molecule has 106 valence electrons. The van der Waals surface area contributed by atoms with Crippen LogP contribution in [-0.2, 0) is 6.54 Å². The molecule has 0 aliphatic rings. The van der Waals surface area contributed by atoms with Crippen LogP contribution in [0.3, 0.4) is 0 Å². The van der Waals surface area contributed by atoms with Crippen molar-refractivity contribution >= 4 is 11.6 Å². The zero-order chi connectivity index (χ0) is 14.8. The van der Waals surface area contributed by atoms with E-state index in [0.29, 0.717) is 17.8 Å². The second kappa shape index (κ2) is 5.32. The van der Waals surface area contributed by atoms with E-state index in [2.05, 4.69) is 20.4 Å². The highest BCUT2D eigenvalue weighted by atomic mass is 16.1. The van der Waals surface area contributed by atoms with Crippen LogP contribution in [0.4, 0.5) is 0 Å². The van der Waals surface area contributed by atoms with Crippen LogP contribution in [0.15, 0.2) is 36.9 Å². The van der Waals surface area contributed by atoms with Gasteiger partial charge in [-0.05, 0) is 37.1 Å². The smallest absolute Gasteiger partial charge is 0.257 e. The van der Waals surface area contributed by atoms with Gasteiger partial charge in [0.2, 0.25) is 0 Å². The molecule has 3 heterocycles. The lowest BCUT2D eigenvalue weighted by molar-refractivity contribution is 0.0952. The van der Waals surface area contributed by atoms with Crippen molar-refractivity contribution in [2.45, 2.75) is 20.4 Å². The summed E-state index contributed by atoms with van der Waals surface area (Å²) in [5.41, 5.74) is 3.98. The number of aryl methyl sites for hydroxylation is 2. The predicted molar refractivity (Wildman–Crippen MR) is 77.9 cm³/mol. The maximum atomic E-state index is 12.3. The number of hydrogen-bond acceptors (Lipinski definition) is 4. The standard InChI is InChI=1S/C15H15N5O/c1-10-7-16-5-3-12(10)8-17-15(21)13-9-18-20-6-4-11(2)19-14(13)20/h3-7,9H,8H2,1-2H3,(H,17,21). The van der Waals surface area contributed by atoms with Gasteiger partial charge in [0.05, 0.1) is 6.20 Å². The lowest BCUT2D eigenvalue weighted by atomic mass is 10.1. The number of fused-ring (bicyclic) bond motifs is 1. The fourth-order valence-corrected chi connectivity index (χ4v) is 2.09. The third-order valence-electron chi connectivity index (χ3n) is 3.33. The molecule has 0 aromatic carbocycles. The van der Waals surface area contributed by atoms with Gasteiger partial charge in [-0.2, -0.15) is 5.10 Å². The molecule has 1 N–H and O–H groups in total. The van der Waals surface area contributed by atoms with E-state index in [-0.39, 0.29) is 5.91 Å². The molecule has 0 atom stereocenters. The highest BCUT2D eigenvalue weighted by molar-refractivity contribution is 5.99. The number of carbonyl (C=O) groups excluding carboxylic acids is 1. The van der Waals surface area contributed by atoms with Crippen LogP contribution in [-0.4, -0.2) is 25.5 Å². The molecule has 21 heavy (non-hydrogen) atoms. The number of nitrogens with zero attached hydrogens (tertiary/aromatic N) is 4. The first-order valence-corrected chi connectivity index (χ1v) is 6.64. The Kier molecular flexibility index (Phi) is 3.35. The van der Waals surface area contributed by atoms with Gasteiger partial charge in [-0.3, -0.25) is 9.78 Å². The Morgan fingerprint density at radius 1 is 1.29 bits per heavy atom. The molecule has 3 rings (SSSR count). The van der Waals surface area contributed by atoms with E-state index < -0.39 is 0 Å². The SMILES string of the molecule is Cc1ccn2ncc(C(=O)NCc3ccncc3C)c2n1.